The van der Waals surface area contributed by atoms with Gasteiger partial charge in [-0.3, -0.25) is 0 Å². The molecule has 76 heavy (non-hydrogen) atoms. The molecule has 0 aromatic rings. The smallest absolute Gasteiger partial charge is 0.450 e. The average molecular weight is 1470 g/mol. The fraction of sp³-hybridized carbons (Fsp3) is 0.900. The third-order valence-corrected chi connectivity index (χ3v) is 33.9. The molecule has 0 aromatic heterocycles. The van der Waals surface area contributed by atoms with E-state index in [9.17, 15) is 0 Å². The van der Waals surface area contributed by atoms with Crippen molar-refractivity contribution in [3.05, 3.63) is 23.6 Å². The zero-order valence-corrected chi connectivity index (χ0v) is 74.0. The zero-order chi connectivity index (χ0) is 58.5. The van der Waals surface area contributed by atoms with Crippen molar-refractivity contribution in [2.75, 3.05) is 0 Å². The summed E-state index contributed by atoms with van der Waals surface area (Å²) in [5, 5.41) is 27.9. The molecule has 4 N–H and O–H groups in total. The monoisotopic (exact) mass is 1470 g/mol. The first-order valence-electron chi connectivity index (χ1n) is 28.8. The van der Waals surface area contributed by atoms with E-state index in [0.717, 1.165) is 117 Å². The fourth-order valence-electron chi connectivity index (χ4n) is 15.3. The molecule has 0 spiro atoms. The van der Waals surface area contributed by atoms with Crippen molar-refractivity contribution in [1.29, 1.82) is 0 Å². The molecule has 4 aliphatic carbocycles. The SMILES string of the molecule is CC1C(C)C(C)C([Si](C)(C)C)C1C.CC1C(C)C(C)C([Si](C)(C)C)C1C.CC1C(C)C(C)C([Si](C)(C)C)C1C.CC1C(C)C(C)C([Si](C)(C)C)C1C.C[Si](C)(C)[C-]=CC=[C-][Si](C)(C)C.O=C(O)O.O=C(O)O.[Y].[Y].[Y].[Y]. The van der Waals surface area contributed by atoms with E-state index in [2.05, 4.69) is 240 Å². The summed E-state index contributed by atoms with van der Waals surface area (Å²) >= 11 is 0. The number of rotatable bonds is 7. The van der Waals surface area contributed by atoms with Gasteiger partial charge in [-0.15, -0.1) is 0 Å². The van der Waals surface area contributed by atoms with E-state index in [1.807, 2.05) is 12.2 Å². The second-order valence-electron chi connectivity index (χ2n) is 31.0. The third-order valence-electron chi connectivity index (χ3n) is 19.6. The molecular formula is C60H128O6Si6Y4-2. The molecule has 16 unspecified atom stereocenters. The Kier molecular flexibility index (Phi) is 48.6. The van der Waals surface area contributed by atoms with Gasteiger partial charge in [-0.1, -0.05) is 229 Å². The first-order valence-corrected chi connectivity index (χ1v) is 50.1. The van der Waals surface area contributed by atoms with E-state index in [4.69, 9.17) is 30.0 Å². The van der Waals surface area contributed by atoms with Gasteiger partial charge in [0.25, 0.3) is 0 Å². The normalized spacial score (nSPS) is 35.0. The molecule has 4 saturated carbocycles. The maximum atomic E-state index is 8.56. The summed E-state index contributed by atoms with van der Waals surface area (Å²) in [5.74, 6) is 15.1. The molecule has 442 valence electrons. The Morgan fingerprint density at radius 1 is 0.263 bits per heavy atom. The molecule has 4 radical (unpaired) electrons. The minimum absolute atomic E-state index is 0. The van der Waals surface area contributed by atoms with Crippen LogP contribution in [0.2, 0.25) is 140 Å². The van der Waals surface area contributed by atoms with Crippen molar-refractivity contribution in [1.82, 2.24) is 0 Å². The Morgan fingerprint density at radius 3 is 0.408 bits per heavy atom. The van der Waals surface area contributed by atoms with E-state index >= 15 is 0 Å². The van der Waals surface area contributed by atoms with Crippen LogP contribution >= 0.6 is 0 Å². The Bertz CT molecular complexity index is 1370. The first-order chi connectivity index (χ1) is 31.7. The number of hydrogen-bond donors (Lipinski definition) is 4. The van der Waals surface area contributed by atoms with Gasteiger partial charge < -0.3 is 44.0 Å². The summed E-state index contributed by atoms with van der Waals surface area (Å²) in [4.78, 5) is 17.1. The maximum absolute atomic E-state index is 8.56. The third kappa shape index (κ3) is 33.6. The number of allylic oxidation sites excluding steroid dienone is 2. The summed E-state index contributed by atoms with van der Waals surface area (Å²) in [7, 11) is -5.97. The van der Waals surface area contributed by atoms with Gasteiger partial charge in [-0.2, -0.15) is 0 Å². The van der Waals surface area contributed by atoms with Crippen LogP contribution in [0.25, 0.3) is 0 Å². The topological polar surface area (TPSA) is 115 Å². The average Bonchev–Trinajstić information content (AvgIpc) is 3.67. The minimum atomic E-state index is -1.83. The number of carboxylic acid groups (broad SMARTS) is 4. The molecule has 0 heterocycles. The molecule has 0 aromatic carbocycles. The number of hydrogen-bond acceptors (Lipinski definition) is 2. The van der Waals surface area contributed by atoms with Crippen LogP contribution in [0.3, 0.4) is 0 Å². The van der Waals surface area contributed by atoms with E-state index in [1.54, 1.807) is 0 Å². The van der Waals surface area contributed by atoms with Gasteiger partial charge in [-0.05, 0) is 133 Å². The van der Waals surface area contributed by atoms with Gasteiger partial charge in [0.15, 0.2) is 0 Å². The standard InChI is InChI=1S/4C12H26Si.C10H20Si2.2CH2O3.4Y/c4*1-8-9(2)11(4)12(10(8)3)13(5,6)7;1-11(2,3)9-7-8-10-12(4,5)6;2*2-1(3)4;;;;/h4*8-12H,1-7H3;7-8H,1-6H3;2*(H2,2,3,4);;;;/q;;;;-2;;;;;;. The van der Waals surface area contributed by atoms with Gasteiger partial charge in [-0.25, -0.2) is 9.59 Å². The molecule has 16 heteroatoms. The molecule has 4 aliphatic rings. The predicted molar refractivity (Wildman–Crippen MR) is 339 cm³/mol. The van der Waals surface area contributed by atoms with Gasteiger partial charge in [0.05, 0.1) is 0 Å². The molecule has 0 bridgehead atoms. The van der Waals surface area contributed by atoms with Gasteiger partial charge in [0.1, 0.15) is 0 Å². The Hall–Kier alpha value is 3.74. The van der Waals surface area contributed by atoms with Crippen LogP contribution in [0.4, 0.5) is 9.59 Å². The zero-order valence-electron chi connectivity index (χ0n) is 56.6. The van der Waals surface area contributed by atoms with Gasteiger partial charge in [0.2, 0.25) is 0 Å². The van der Waals surface area contributed by atoms with Crippen molar-refractivity contribution < 1.29 is 161 Å². The summed E-state index contributed by atoms with van der Waals surface area (Å²) in [6, 6.07) is 0. The van der Waals surface area contributed by atoms with Crippen LogP contribution in [0.5, 0.6) is 0 Å². The molecule has 0 amide bonds. The van der Waals surface area contributed by atoms with Crippen molar-refractivity contribution in [2.45, 2.75) is 251 Å². The minimum Gasteiger partial charge on any atom is -0.450 e. The molecule has 4 rings (SSSR count). The maximum Gasteiger partial charge on any atom is 0.503 e. The Morgan fingerprint density at radius 2 is 0.355 bits per heavy atom. The molecule has 0 saturated heterocycles. The van der Waals surface area contributed by atoms with Crippen LogP contribution in [0.15, 0.2) is 12.2 Å². The summed E-state index contributed by atoms with van der Waals surface area (Å²) in [6.45, 7) is 83.6. The van der Waals surface area contributed by atoms with Crippen LogP contribution < -0.4 is 0 Å². The largest absolute Gasteiger partial charge is 0.503 e. The van der Waals surface area contributed by atoms with Crippen molar-refractivity contribution in [2.24, 2.45) is 94.7 Å². The van der Waals surface area contributed by atoms with E-state index in [0.29, 0.717) is 0 Å². The quantitative estimate of drug-likeness (QED) is 0.115. The molecular weight excluding hydrogens is 1340 g/mol. The predicted octanol–water partition coefficient (Wildman–Crippen LogP) is 20.9. The van der Waals surface area contributed by atoms with Crippen molar-refractivity contribution in [3.8, 4) is 0 Å². The van der Waals surface area contributed by atoms with Crippen molar-refractivity contribution >= 4 is 60.8 Å². The second-order valence-corrected chi connectivity index (χ2v) is 62.2. The fourth-order valence-corrected chi connectivity index (χ4v) is 31.5. The molecule has 0 aliphatic heterocycles. The van der Waals surface area contributed by atoms with Crippen LogP contribution in [-0.2, 0) is 131 Å². The Labute approximate surface area is 582 Å². The van der Waals surface area contributed by atoms with E-state index in [1.165, 1.54) is 0 Å². The molecule has 6 nitrogen and oxygen atoms in total. The molecule has 4 fully saturated rings. The van der Waals surface area contributed by atoms with Crippen LogP contribution in [-0.4, -0.2) is 81.2 Å². The Balaban J connectivity index is -0.000000149. The summed E-state index contributed by atoms with van der Waals surface area (Å²) in [5.41, 5.74) is 11.0. The summed E-state index contributed by atoms with van der Waals surface area (Å²) < 4.78 is 0. The van der Waals surface area contributed by atoms with Gasteiger partial charge >= 0.3 is 12.3 Å². The molecule has 16 atom stereocenters. The van der Waals surface area contributed by atoms with E-state index < -0.39 is 60.8 Å². The second kappa shape index (κ2) is 39.5. The van der Waals surface area contributed by atoms with Crippen molar-refractivity contribution in [3.63, 3.8) is 0 Å². The summed E-state index contributed by atoms with van der Waals surface area (Å²) in [6.07, 6.45) is 0.426. The van der Waals surface area contributed by atoms with Gasteiger partial charge in [0, 0.05) is 163 Å². The first kappa shape index (κ1) is 93.4. The van der Waals surface area contributed by atoms with Crippen LogP contribution in [0, 0.1) is 106 Å². The number of carbonyl (C=O) groups is 2. The van der Waals surface area contributed by atoms with E-state index in [-0.39, 0.29) is 131 Å². The van der Waals surface area contributed by atoms with Crippen LogP contribution in [0.1, 0.15) is 111 Å².